The lowest BCUT2D eigenvalue weighted by Crippen LogP contribution is -2.36. The Morgan fingerprint density at radius 3 is 2.62 bits per heavy atom. The number of aryl methyl sites for hydroxylation is 2. The van der Waals surface area contributed by atoms with E-state index in [2.05, 4.69) is 53.4 Å². The third-order valence-corrected chi connectivity index (χ3v) is 6.19. The lowest BCUT2D eigenvalue weighted by atomic mass is 10.2. The Bertz CT molecular complexity index is 1460. The fourth-order valence-electron chi connectivity index (χ4n) is 4.15. The van der Waals surface area contributed by atoms with Crippen LogP contribution >= 0.6 is 0 Å². The molecule has 11 nitrogen and oxygen atoms in total. The molecule has 4 aromatic heterocycles. The van der Waals surface area contributed by atoms with E-state index in [1.165, 1.54) is 17.8 Å². The predicted octanol–water partition coefficient (Wildman–Crippen LogP) is 3.23. The number of nitrogens with one attached hydrogen (secondary N) is 4. The molecule has 0 spiro atoms. The van der Waals surface area contributed by atoms with Crippen LogP contribution in [0.15, 0.2) is 48.9 Å². The minimum atomic E-state index is -2.60. The minimum absolute atomic E-state index is 0.0610. The fraction of sp³-hybridized carbons (Fsp3) is 0.308. The molecule has 0 saturated carbocycles. The topological polar surface area (TPSA) is 135 Å². The van der Waals surface area contributed by atoms with Gasteiger partial charge in [-0.1, -0.05) is 6.07 Å². The first-order valence-electron chi connectivity index (χ1n) is 12.4. The van der Waals surface area contributed by atoms with E-state index in [-0.39, 0.29) is 35.6 Å². The van der Waals surface area contributed by atoms with Crippen molar-refractivity contribution < 1.29 is 13.6 Å². The first-order valence-corrected chi connectivity index (χ1v) is 12.4. The van der Waals surface area contributed by atoms with Crippen LogP contribution in [0.25, 0.3) is 17.2 Å². The van der Waals surface area contributed by atoms with Crippen LogP contribution in [0.1, 0.15) is 52.8 Å². The molecule has 1 amide bonds. The Hall–Kier alpha value is -4.36. The average Bonchev–Trinajstić information content (AvgIpc) is 3.52. The lowest BCUT2D eigenvalue weighted by molar-refractivity contribution is 0.0946. The van der Waals surface area contributed by atoms with Gasteiger partial charge in [-0.15, -0.1) is 0 Å². The van der Waals surface area contributed by atoms with Gasteiger partial charge in [-0.05, 0) is 51.0 Å². The van der Waals surface area contributed by atoms with E-state index in [0.29, 0.717) is 29.1 Å². The number of anilines is 1. The van der Waals surface area contributed by atoms with Gasteiger partial charge in [0.05, 0.1) is 17.4 Å². The normalized spacial score (nSPS) is 17.0. The maximum atomic E-state index is 13.0. The molecule has 1 aliphatic rings. The summed E-state index contributed by atoms with van der Waals surface area (Å²) < 4.78 is 27.4. The van der Waals surface area contributed by atoms with Gasteiger partial charge in [-0.2, -0.15) is 5.10 Å². The van der Waals surface area contributed by atoms with Gasteiger partial charge in [0, 0.05) is 48.5 Å². The molecular formula is C26H28F2N10O. The third kappa shape index (κ3) is 6.21. The molecule has 5 rings (SSSR count). The number of rotatable bonds is 8. The van der Waals surface area contributed by atoms with Crippen molar-refractivity contribution >= 4 is 11.7 Å². The van der Waals surface area contributed by atoms with Crippen molar-refractivity contribution in [3.8, 4) is 17.2 Å². The largest absolute Gasteiger partial charge is 0.353 e. The van der Waals surface area contributed by atoms with Gasteiger partial charge in [0.1, 0.15) is 11.5 Å². The summed E-state index contributed by atoms with van der Waals surface area (Å²) in [5.74, 6) is 1.26. The molecule has 1 saturated heterocycles. The molecule has 2 unspecified atom stereocenters. The molecule has 0 aliphatic carbocycles. The highest BCUT2D eigenvalue weighted by atomic mass is 19.3. The summed E-state index contributed by atoms with van der Waals surface area (Å²) in [4.78, 5) is 30.3. The highest BCUT2D eigenvalue weighted by Gasteiger charge is 2.20. The van der Waals surface area contributed by atoms with Crippen molar-refractivity contribution in [1.29, 1.82) is 0 Å². The number of nitrogens with zero attached hydrogens (tertiary/aromatic N) is 6. The number of alkyl halides is 2. The summed E-state index contributed by atoms with van der Waals surface area (Å²) in [5, 5.41) is 10.3. The van der Waals surface area contributed by atoms with E-state index in [9.17, 15) is 13.6 Å². The predicted molar refractivity (Wildman–Crippen MR) is 140 cm³/mol. The van der Waals surface area contributed by atoms with Crippen molar-refractivity contribution in [2.75, 3.05) is 5.32 Å². The second-order valence-electron chi connectivity index (χ2n) is 9.40. The van der Waals surface area contributed by atoms with Crippen molar-refractivity contribution in [1.82, 2.24) is 45.9 Å². The third-order valence-electron chi connectivity index (χ3n) is 6.19. The van der Waals surface area contributed by atoms with Crippen molar-refractivity contribution in [3.63, 3.8) is 0 Å². The number of carbonyl (C=O) groups excluding carboxylic acids is 1. The lowest BCUT2D eigenvalue weighted by Gasteiger charge is -2.14. The molecule has 0 radical (unpaired) electrons. The summed E-state index contributed by atoms with van der Waals surface area (Å²) >= 11 is 0. The maximum Gasteiger partial charge on any atom is 0.270 e. The van der Waals surface area contributed by atoms with Crippen molar-refractivity contribution in [2.24, 2.45) is 0 Å². The summed E-state index contributed by atoms with van der Waals surface area (Å²) in [6, 6.07) is 9.02. The van der Waals surface area contributed by atoms with Gasteiger partial charge >= 0.3 is 0 Å². The number of hydrogen-bond acceptors (Lipinski definition) is 9. The molecule has 202 valence electrons. The van der Waals surface area contributed by atoms with E-state index in [4.69, 9.17) is 0 Å². The van der Waals surface area contributed by atoms with Gasteiger partial charge in [-0.25, -0.2) is 33.8 Å². The Labute approximate surface area is 223 Å². The molecule has 2 atom stereocenters. The highest BCUT2D eigenvalue weighted by molar-refractivity contribution is 5.92. The Morgan fingerprint density at radius 2 is 1.97 bits per heavy atom. The first kappa shape index (κ1) is 26.3. The molecular weight excluding hydrogens is 506 g/mol. The van der Waals surface area contributed by atoms with Crippen LogP contribution in [0.3, 0.4) is 0 Å². The van der Waals surface area contributed by atoms with Crippen LogP contribution in [0.4, 0.5) is 14.6 Å². The van der Waals surface area contributed by atoms with E-state index in [1.54, 1.807) is 36.7 Å². The quantitative estimate of drug-likeness (QED) is 0.269. The Morgan fingerprint density at radius 1 is 1.13 bits per heavy atom. The van der Waals surface area contributed by atoms with Crippen LogP contribution in [-0.4, -0.2) is 47.8 Å². The smallest absolute Gasteiger partial charge is 0.270 e. The highest BCUT2D eigenvalue weighted by Crippen LogP contribution is 2.23. The van der Waals surface area contributed by atoms with E-state index in [1.807, 2.05) is 13.0 Å². The van der Waals surface area contributed by atoms with Gasteiger partial charge < -0.3 is 10.6 Å². The van der Waals surface area contributed by atoms with Crippen LogP contribution in [0.2, 0.25) is 0 Å². The molecule has 0 aromatic carbocycles. The second-order valence-corrected chi connectivity index (χ2v) is 9.40. The van der Waals surface area contributed by atoms with Gasteiger partial charge in [0.2, 0.25) is 0 Å². The van der Waals surface area contributed by atoms with Gasteiger partial charge in [-0.3, -0.25) is 15.2 Å². The van der Waals surface area contributed by atoms with Crippen LogP contribution in [-0.2, 0) is 6.54 Å². The number of hydrazine groups is 1. The fourth-order valence-corrected chi connectivity index (χ4v) is 4.15. The zero-order valence-corrected chi connectivity index (χ0v) is 21.6. The summed E-state index contributed by atoms with van der Waals surface area (Å²) in [6.07, 6.45) is 2.77. The maximum absolute atomic E-state index is 13.0. The molecule has 4 N–H and O–H groups in total. The van der Waals surface area contributed by atoms with Gasteiger partial charge in [0.25, 0.3) is 12.3 Å². The van der Waals surface area contributed by atoms with Crippen molar-refractivity contribution in [3.05, 3.63) is 77.1 Å². The summed E-state index contributed by atoms with van der Waals surface area (Å²) in [7, 11) is 0. The molecule has 4 aromatic rings. The average molecular weight is 535 g/mol. The number of aromatic nitrogens is 6. The minimum Gasteiger partial charge on any atom is -0.353 e. The second kappa shape index (κ2) is 11.2. The molecule has 5 heterocycles. The summed E-state index contributed by atoms with van der Waals surface area (Å²) in [5.41, 5.74) is 8.94. The number of amides is 1. The molecule has 39 heavy (non-hydrogen) atoms. The molecule has 1 aliphatic heterocycles. The van der Waals surface area contributed by atoms with Gasteiger partial charge in [0.15, 0.2) is 11.6 Å². The number of carbonyl (C=O) groups is 1. The van der Waals surface area contributed by atoms with E-state index in [0.717, 1.165) is 17.7 Å². The Balaban J connectivity index is 1.20. The Kier molecular flexibility index (Phi) is 7.52. The monoisotopic (exact) mass is 534 g/mol. The molecule has 0 bridgehead atoms. The number of halogens is 2. The number of hydrogen-bond donors (Lipinski definition) is 4. The van der Waals surface area contributed by atoms with E-state index >= 15 is 0 Å². The number of pyridine rings is 2. The van der Waals surface area contributed by atoms with Crippen LogP contribution in [0.5, 0.6) is 0 Å². The van der Waals surface area contributed by atoms with Crippen LogP contribution < -0.4 is 21.5 Å². The molecule has 13 heteroatoms. The molecule has 1 fully saturated rings. The SMILES string of the molecule is Cc1cc(NC2CC(C)NN2)nc(-c2ccc(C(=O)NCc3ccc(-n4cc(C(F)F)c(C)n4)nc3)nc2)n1. The van der Waals surface area contributed by atoms with Crippen LogP contribution in [0, 0.1) is 13.8 Å². The summed E-state index contributed by atoms with van der Waals surface area (Å²) in [6.45, 7) is 5.74. The first-order chi connectivity index (χ1) is 18.7. The van der Waals surface area contributed by atoms with E-state index < -0.39 is 6.43 Å². The standard InChI is InChI=1S/C26H28F2N10O/c1-14-8-21(33-22-9-15(2)35-36-22)34-25(32-14)18-5-6-20(29-12-18)26(39)31-11-17-4-7-23(30-10-17)38-13-19(24(27)28)16(3)37-38/h4-8,10,12-13,15,22,24,35-36H,9,11H2,1-3H3,(H,31,39)(H,32,33,34). The van der Waals surface area contributed by atoms with Crippen molar-refractivity contribution in [2.45, 2.75) is 52.4 Å². The zero-order chi connectivity index (χ0) is 27.5. The zero-order valence-electron chi connectivity index (χ0n) is 21.6.